The number of hydrogen-bond donors (Lipinski definition) is 7. The number of carboxylic acids is 1. The number of carbonyl (C=O) groups is 5. The van der Waals surface area contributed by atoms with E-state index in [-0.39, 0.29) is 53.1 Å². The lowest BCUT2D eigenvalue weighted by Crippen LogP contribution is -2.23. The molecule has 13 nitrogen and oxygen atoms in total. The number of phenolic OH excluding ortho intramolecular Hbond substituents is 2. The number of hydroxylamine groups is 1. The smallest absolute Gasteiger partial charge is 0.341 e. The van der Waals surface area contributed by atoms with Crippen molar-refractivity contribution >= 4 is 29.7 Å². The fraction of sp³-hybridized carbons (Fsp3) is 0.207. The molecule has 226 valence electrons. The van der Waals surface area contributed by atoms with E-state index in [0.29, 0.717) is 22.3 Å². The van der Waals surface area contributed by atoms with E-state index < -0.39 is 17.8 Å². The van der Waals surface area contributed by atoms with E-state index in [1.54, 1.807) is 26.0 Å². The third-order valence-electron chi connectivity index (χ3n) is 4.92. The molecular weight excluding hydrogens is 550 g/mol. The molecular formula is C29H35N3O10. The van der Waals surface area contributed by atoms with Crippen LogP contribution >= 0.6 is 0 Å². The summed E-state index contributed by atoms with van der Waals surface area (Å²) in [7, 11) is 1.24. The summed E-state index contributed by atoms with van der Waals surface area (Å²) in [6.45, 7) is 15.3. The van der Waals surface area contributed by atoms with Gasteiger partial charge in [0.1, 0.15) is 17.1 Å². The van der Waals surface area contributed by atoms with Gasteiger partial charge < -0.3 is 30.7 Å². The number of rotatable bonds is 9. The zero-order valence-corrected chi connectivity index (χ0v) is 23.7. The van der Waals surface area contributed by atoms with Gasteiger partial charge in [-0.1, -0.05) is 31.9 Å². The van der Waals surface area contributed by atoms with Crippen LogP contribution in [0.4, 0.5) is 0 Å². The lowest BCUT2D eigenvalue weighted by Gasteiger charge is -2.07. The highest BCUT2D eigenvalue weighted by atomic mass is 16.5. The minimum absolute atomic E-state index is 0.0486. The summed E-state index contributed by atoms with van der Waals surface area (Å²) in [5.74, 6) is -3.34. The molecule has 0 bridgehead atoms. The SMILES string of the molecule is C=C(C)C(=O)NCc1ccc(C(=O)NO)c(O)c1.C=C(C)C(=O)NCc1ccc(C(=O)OC)c(O)c1.C=C(C)C(=O)O. The second kappa shape index (κ2) is 18.0. The van der Waals surface area contributed by atoms with E-state index in [0.717, 1.165) is 0 Å². The van der Waals surface area contributed by atoms with Crippen molar-refractivity contribution in [1.29, 1.82) is 0 Å². The van der Waals surface area contributed by atoms with Crippen molar-refractivity contribution in [3.8, 4) is 11.5 Å². The van der Waals surface area contributed by atoms with Gasteiger partial charge in [-0.3, -0.25) is 19.6 Å². The van der Waals surface area contributed by atoms with E-state index in [1.807, 2.05) is 0 Å². The van der Waals surface area contributed by atoms with Crippen LogP contribution in [-0.4, -0.2) is 57.3 Å². The number of nitrogens with one attached hydrogen (secondary N) is 3. The van der Waals surface area contributed by atoms with Gasteiger partial charge in [0, 0.05) is 29.8 Å². The number of esters is 1. The van der Waals surface area contributed by atoms with Gasteiger partial charge in [0.15, 0.2) is 0 Å². The van der Waals surface area contributed by atoms with Crippen LogP contribution in [0.5, 0.6) is 11.5 Å². The Labute approximate surface area is 242 Å². The zero-order valence-electron chi connectivity index (χ0n) is 23.7. The Morgan fingerprint density at radius 3 is 1.40 bits per heavy atom. The van der Waals surface area contributed by atoms with Crippen molar-refractivity contribution in [2.45, 2.75) is 33.9 Å². The maximum Gasteiger partial charge on any atom is 0.341 e. The second-order valence-electron chi connectivity index (χ2n) is 8.65. The Kier molecular flexibility index (Phi) is 15.7. The van der Waals surface area contributed by atoms with Crippen LogP contribution in [0.1, 0.15) is 52.6 Å². The van der Waals surface area contributed by atoms with Crippen LogP contribution in [0.3, 0.4) is 0 Å². The number of ether oxygens (including phenoxy) is 1. The summed E-state index contributed by atoms with van der Waals surface area (Å²) in [5.41, 5.74) is 3.73. The predicted octanol–water partition coefficient (Wildman–Crippen LogP) is 2.72. The van der Waals surface area contributed by atoms with E-state index in [4.69, 9.17) is 10.3 Å². The number of carboxylic acid groups (broad SMARTS) is 1. The number of aliphatic carboxylic acids is 1. The van der Waals surface area contributed by atoms with Gasteiger partial charge in [-0.25, -0.2) is 15.1 Å². The number of aromatic hydroxyl groups is 2. The third kappa shape index (κ3) is 13.1. The highest BCUT2D eigenvalue weighted by molar-refractivity contribution is 5.96. The molecule has 0 saturated heterocycles. The normalized spacial score (nSPS) is 9.36. The van der Waals surface area contributed by atoms with Crippen molar-refractivity contribution < 1.29 is 49.2 Å². The van der Waals surface area contributed by atoms with Crippen LogP contribution in [0.25, 0.3) is 0 Å². The maximum atomic E-state index is 11.3. The number of hydrogen-bond acceptors (Lipinski definition) is 9. The quantitative estimate of drug-likeness (QED) is 0.0989. The molecule has 7 N–H and O–H groups in total. The van der Waals surface area contributed by atoms with E-state index in [2.05, 4.69) is 35.1 Å². The van der Waals surface area contributed by atoms with Crippen LogP contribution in [0.15, 0.2) is 72.9 Å². The average Bonchev–Trinajstić information content (AvgIpc) is 2.94. The van der Waals surface area contributed by atoms with E-state index in [9.17, 15) is 34.2 Å². The molecule has 13 heteroatoms. The van der Waals surface area contributed by atoms with E-state index >= 15 is 0 Å². The molecule has 0 spiro atoms. The standard InChI is InChI=1S/C13H15NO4.C12H14N2O4.C4H6O2/c1-8(2)12(16)14-7-9-4-5-10(11(15)6-9)13(17)18-3;1-7(2)11(16)13-6-8-3-4-9(10(15)5-8)12(17)14-18;1-3(2)4(5)6/h4-6,15H,1,7H2,2-3H3,(H,14,16);3-5,15,18H,1,6H2,2H3,(H,13,16)(H,14,17);1H2,2H3,(H,5,6). The summed E-state index contributed by atoms with van der Waals surface area (Å²) in [6, 6.07) is 8.73. The van der Waals surface area contributed by atoms with Gasteiger partial charge in [0.2, 0.25) is 11.8 Å². The Balaban J connectivity index is 0.000000672. The average molecular weight is 586 g/mol. The molecule has 0 heterocycles. The molecule has 0 fully saturated rings. The molecule has 0 aliphatic rings. The van der Waals surface area contributed by atoms with Gasteiger partial charge in [-0.15, -0.1) is 0 Å². The Morgan fingerprint density at radius 2 is 1.12 bits per heavy atom. The highest BCUT2D eigenvalue weighted by Gasteiger charge is 2.12. The minimum Gasteiger partial charge on any atom is -0.507 e. The molecule has 0 atom stereocenters. The lowest BCUT2D eigenvalue weighted by molar-refractivity contribution is -0.132. The number of phenols is 2. The number of carbonyl (C=O) groups excluding carboxylic acids is 4. The van der Waals surface area contributed by atoms with Crippen molar-refractivity contribution in [2.75, 3.05) is 7.11 Å². The van der Waals surface area contributed by atoms with Gasteiger partial charge in [-0.05, 0) is 56.2 Å². The minimum atomic E-state index is -0.935. The number of benzene rings is 2. The molecule has 0 aromatic heterocycles. The van der Waals surface area contributed by atoms with Crippen LogP contribution in [0.2, 0.25) is 0 Å². The van der Waals surface area contributed by atoms with Crippen molar-refractivity contribution in [3.63, 3.8) is 0 Å². The fourth-order valence-electron chi connectivity index (χ4n) is 2.58. The lowest BCUT2D eigenvalue weighted by atomic mass is 10.1. The third-order valence-corrected chi connectivity index (χ3v) is 4.92. The molecule has 0 saturated carbocycles. The summed E-state index contributed by atoms with van der Waals surface area (Å²) in [6.07, 6.45) is 0. The molecule has 0 unspecified atom stereocenters. The summed E-state index contributed by atoms with van der Waals surface area (Å²) in [5, 5.41) is 40.7. The Bertz CT molecular complexity index is 1260. The Hall–Kier alpha value is -5.43. The van der Waals surface area contributed by atoms with Crippen molar-refractivity contribution in [2.24, 2.45) is 0 Å². The van der Waals surface area contributed by atoms with Gasteiger partial charge in [0.05, 0.1) is 12.7 Å². The fourth-order valence-corrected chi connectivity index (χ4v) is 2.58. The van der Waals surface area contributed by atoms with Gasteiger partial charge >= 0.3 is 11.9 Å². The zero-order chi connectivity index (χ0) is 32.6. The summed E-state index contributed by atoms with van der Waals surface area (Å²) >= 11 is 0. The predicted molar refractivity (Wildman–Crippen MR) is 153 cm³/mol. The first-order valence-corrected chi connectivity index (χ1v) is 12.0. The number of methoxy groups -OCH3 is 1. The first kappa shape index (κ1) is 36.6. The first-order chi connectivity index (χ1) is 19.5. The van der Waals surface area contributed by atoms with Crippen molar-refractivity contribution in [1.82, 2.24) is 16.1 Å². The highest BCUT2D eigenvalue weighted by Crippen LogP contribution is 2.20. The molecule has 0 aliphatic carbocycles. The topological polar surface area (TPSA) is 212 Å². The summed E-state index contributed by atoms with van der Waals surface area (Å²) < 4.78 is 4.51. The van der Waals surface area contributed by atoms with Gasteiger partial charge in [-0.2, -0.15) is 0 Å². The molecule has 0 radical (unpaired) electrons. The summed E-state index contributed by atoms with van der Waals surface area (Å²) in [4.78, 5) is 54.5. The monoisotopic (exact) mass is 585 g/mol. The molecule has 2 aromatic rings. The van der Waals surface area contributed by atoms with E-state index in [1.165, 1.54) is 43.8 Å². The molecule has 3 amide bonds. The number of amides is 3. The first-order valence-electron chi connectivity index (χ1n) is 12.0. The van der Waals surface area contributed by atoms with Crippen LogP contribution in [0, 0.1) is 0 Å². The van der Waals surface area contributed by atoms with Crippen LogP contribution in [-0.2, 0) is 32.2 Å². The largest absolute Gasteiger partial charge is 0.507 e. The van der Waals surface area contributed by atoms with Crippen LogP contribution < -0.4 is 16.1 Å². The Morgan fingerprint density at radius 1 is 0.738 bits per heavy atom. The second-order valence-corrected chi connectivity index (χ2v) is 8.65. The molecule has 2 rings (SSSR count). The molecule has 42 heavy (non-hydrogen) atoms. The maximum absolute atomic E-state index is 11.3. The molecule has 0 aliphatic heterocycles. The molecule has 2 aromatic carbocycles. The van der Waals surface area contributed by atoms with Crippen molar-refractivity contribution in [3.05, 3.63) is 95.1 Å². The van der Waals surface area contributed by atoms with Gasteiger partial charge in [0.25, 0.3) is 5.91 Å².